The Morgan fingerprint density at radius 1 is 0.307 bits per heavy atom. The van der Waals surface area contributed by atoms with E-state index < -0.39 is 6.10 Å². The van der Waals surface area contributed by atoms with Crippen LogP contribution in [0.5, 0.6) is 0 Å². The molecule has 0 amide bonds. The summed E-state index contributed by atoms with van der Waals surface area (Å²) >= 11 is 0. The summed E-state index contributed by atoms with van der Waals surface area (Å²) in [5.74, 6) is -0.566. The molecule has 5 heteroatoms. The Bertz CT molecular complexity index is 1150. The first kappa shape index (κ1) is 73.4. The largest absolute Gasteiger partial charge is 0.462 e. The highest BCUT2D eigenvalue weighted by atomic mass is 16.6. The summed E-state index contributed by atoms with van der Waals surface area (Å²) in [5.41, 5.74) is 0. The Hall–Kier alpha value is -1.62. The van der Waals surface area contributed by atoms with Gasteiger partial charge in [0.05, 0.1) is 6.61 Å². The number of carbonyl (C=O) groups is 2. The maximum atomic E-state index is 12.3. The van der Waals surface area contributed by atoms with Gasteiger partial charge >= 0.3 is 11.9 Å². The van der Waals surface area contributed by atoms with Gasteiger partial charge in [-0.05, 0) is 44.9 Å². The van der Waals surface area contributed by atoms with Crippen molar-refractivity contribution in [2.75, 3.05) is 13.2 Å². The average molecular weight is 1060 g/mol. The van der Waals surface area contributed by atoms with Crippen LogP contribution in [-0.2, 0) is 19.1 Å². The number of allylic oxidation sites excluding steroid dienone is 4. The van der Waals surface area contributed by atoms with E-state index in [9.17, 15) is 14.7 Å². The minimum atomic E-state index is -0.769. The summed E-state index contributed by atoms with van der Waals surface area (Å²) < 4.78 is 10.8. The number of unbranched alkanes of at least 4 members (excludes halogenated alkanes) is 53. The zero-order valence-electron chi connectivity index (χ0n) is 51.1. The fourth-order valence-electron chi connectivity index (χ4n) is 10.8. The Labute approximate surface area is 470 Å². The molecular weight excluding hydrogens is 921 g/mol. The molecule has 0 spiro atoms. The Kier molecular flexibility index (Phi) is 65.2. The number of esters is 2. The molecule has 0 aliphatic carbocycles. The van der Waals surface area contributed by atoms with Crippen molar-refractivity contribution in [1.82, 2.24) is 0 Å². The molecule has 0 saturated heterocycles. The monoisotopic (exact) mass is 1060 g/mol. The summed E-state index contributed by atoms with van der Waals surface area (Å²) in [6.07, 6.45) is 86.5. The van der Waals surface area contributed by atoms with Crippen molar-refractivity contribution in [3.05, 3.63) is 24.3 Å². The molecule has 0 heterocycles. The van der Waals surface area contributed by atoms with Gasteiger partial charge in [0, 0.05) is 12.8 Å². The van der Waals surface area contributed by atoms with Crippen LogP contribution in [-0.4, -0.2) is 36.4 Å². The fourth-order valence-corrected chi connectivity index (χ4v) is 10.8. The molecule has 75 heavy (non-hydrogen) atoms. The van der Waals surface area contributed by atoms with Crippen molar-refractivity contribution in [2.24, 2.45) is 0 Å². The maximum absolute atomic E-state index is 12.3. The maximum Gasteiger partial charge on any atom is 0.306 e. The smallest absolute Gasteiger partial charge is 0.306 e. The van der Waals surface area contributed by atoms with Crippen LogP contribution < -0.4 is 0 Å². The molecule has 1 atom stereocenters. The van der Waals surface area contributed by atoms with Crippen LogP contribution in [0.3, 0.4) is 0 Å². The SMILES string of the molecule is CCCCCCC/C=C\C/C=C\CCCCCCCCCCCCCCCCCC(=O)OC(CO)COC(=O)CCCCCCCCCCCCCCCCCCCCCCCCCCCCCCCCCCCC. The topological polar surface area (TPSA) is 72.8 Å². The summed E-state index contributed by atoms with van der Waals surface area (Å²) in [4.78, 5) is 24.6. The van der Waals surface area contributed by atoms with Crippen molar-refractivity contribution in [3.8, 4) is 0 Å². The van der Waals surface area contributed by atoms with Gasteiger partial charge in [0.25, 0.3) is 0 Å². The van der Waals surface area contributed by atoms with E-state index in [0.717, 1.165) is 38.5 Å². The molecule has 0 fully saturated rings. The van der Waals surface area contributed by atoms with E-state index in [1.54, 1.807) is 0 Å². The van der Waals surface area contributed by atoms with E-state index in [-0.39, 0.29) is 25.2 Å². The number of aliphatic hydroxyl groups excluding tert-OH is 1. The second-order valence-corrected chi connectivity index (χ2v) is 23.6. The highest BCUT2D eigenvalue weighted by molar-refractivity contribution is 5.70. The third kappa shape index (κ3) is 64.8. The van der Waals surface area contributed by atoms with Crippen molar-refractivity contribution in [1.29, 1.82) is 0 Å². The zero-order chi connectivity index (χ0) is 54.1. The van der Waals surface area contributed by atoms with Gasteiger partial charge in [0.1, 0.15) is 6.61 Å². The van der Waals surface area contributed by atoms with Crippen LogP contribution in [0.4, 0.5) is 0 Å². The van der Waals surface area contributed by atoms with Crippen molar-refractivity contribution in [3.63, 3.8) is 0 Å². The highest BCUT2D eigenvalue weighted by Gasteiger charge is 2.16. The summed E-state index contributed by atoms with van der Waals surface area (Å²) in [6, 6.07) is 0. The molecule has 1 N–H and O–H groups in total. The minimum absolute atomic E-state index is 0.0588. The number of carbonyl (C=O) groups excluding carboxylic acids is 2. The Balaban J connectivity index is 3.37. The van der Waals surface area contributed by atoms with Crippen LogP contribution in [0.15, 0.2) is 24.3 Å². The van der Waals surface area contributed by atoms with Gasteiger partial charge in [-0.2, -0.15) is 0 Å². The predicted octanol–water partition coefficient (Wildman–Crippen LogP) is 23.6. The summed E-state index contributed by atoms with van der Waals surface area (Å²) in [7, 11) is 0. The molecule has 0 aromatic rings. The highest BCUT2D eigenvalue weighted by Crippen LogP contribution is 2.19. The van der Waals surface area contributed by atoms with Gasteiger partial charge in [0.15, 0.2) is 6.10 Å². The molecule has 0 rings (SSSR count). The second-order valence-electron chi connectivity index (χ2n) is 23.6. The molecule has 444 valence electrons. The van der Waals surface area contributed by atoms with Gasteiger partial charge < -0.3 is 14.6 Å². The molecule has 1 unspecified atom stereocenters. The van der Waals surface area contributed by atoms with E-state index in [1.165, 1.54) is 327 Å². The molecule has 0 aliphatic heterocycles. The summed E-state index contributed by atoms with van der Waals surface area (Å²) in [5, 5.41) is 9.69. The molecule has 0 bridgehead atoms. The number of ether oxygens (including phenoxy) is 2. The van der Waals surface area contributed by atoms with Crippen molar-refractivity contribution >= 4 is 11.9 Å². The lowest BCUT2D eigenvalue weighted by molar-refractivity contribution is -0.161. The Morgan fingerprint density at radius 3 is 0.787 bits per heavy atom. The van der Waals surface area contributed by atoms with Crippen molar-refractivity contribution in [2.45, 2.75) is 399 Å². The quantitative estimate of drug-likeness (QED) is 0.0373. The van der Waals surface area contributed by atoms with Gasteiger partial charge in [-0.3, -0.25) is 9.59 Å². The molecule has 5 nitrogen and oxygen atoms in total. The number of hydrogen-bond acceptors (Lipinski definition) is 5. The molecule has 0 radical (unpaired) electrons. The fraction of sp³-hybridized carbons (Fsp3) is 0.914. The first-order valence-electron chi connectivity index (χ1n) is 34.4. The lowest BCUT2D eigenvalue weighted by Crippen LogP contribution is -2.28. The van der Waals surface area contributed by atoms with E-state index in [1.807, 2.05) is 0 Å². The van der Waals surface area contributed by atoms with Gasteiger partial charge in [0.2, 0.25) is 0 Å². The standard InChI is InChI=1S/C70H134O5/c1-3-5-7-9-11-13-15-17-19-21-23-25-27-29-31-32-33-34-35-36-37-39-40-42-44-46-48-50-52-54-56-58-60-62-64-69(72)74-67-68(66-71)75-70(73)65-63-61-59-57-55-53-51-49-47-45-43-41-38-30-28-26-24-22-20-18-16-14-12-10-8-6-4-2/h16,18,22,24,68,71H,3-15,17,19-21,23,25-67H2,1-2H3/b18-16-,24-22-. The zero-order valence-corrected chi connectivity index (χ0v) is 51.1. The van der Waals surface area contributed by atoms with Crippen LogP contribution in [0, 0.1) is 0 Å². The number of aliphatic hydroxyl groups is 1. The third-order valence-electron chi connectivity index (χ3n) is 16.0. The molecular formula is C70H134O5. The van der Waals surface area contributed by atoms with Crippen molar-refractivity contribution < 1.29 is 24.2 Å². The third-order valence-corrected chi connectivity index (χ3v) is 16.0. The van der Waals surface area contributed by atoms with Gasteiger partial charge in [-0.25, -0.2) is 0 Å². The average Bonchev–Trinajstić information content (AvgIpc) is 3.41. The molecule has 0 aliphatic rings. The van der Waals surface area contributed by atoms with E-state index in [4.69, 9.17) is 9.47 Å². The van der Waals surface area contributed by atoms with E-state index in [2.05, 4.69) is 38.2 Å². The molecule has 0 aromatic heterocycles. The molecule has 0 saturated carbocycles. The first-order chi connectivity index (χ1) is 37.1. The van der Waals surface area contributed by atoms with Crippen LogP contribution in [0.2, 0.25) is 0 Å². The van der Waals surface area contributed by atoms with Crippen LogP contribution in [0.1, 0.15) is 393 Å². The second kappa shape index (κ2) is 66.7. The lowest BCUT2D eigenvalue weighted by Gasteiger charge is -2.15. The van der Waals surface area contributed by atoms with E-state index in [0.29, 0.717) is 12.8 Å². The minimum Gasteiger partial charge on any atom is -0.462 e. The van der Waals surface area contributed by atoms with Crippen LogP contribution >= 0.6 is 0 Å². The van der Waals surface area contributed by atoms with E-state index >= 15 is 0 Å². The first-order valence-corrected chi connectivity index (χ1v) is 34.4. The number of hydrogen-bond donors (Lipinski definition) is 1. The normalized spacial score (nSPS) is 12.2. The predicted molar refractivity (Wildman–Crippen MR) is 330 cm³/mol. The van der Waals surface area contributed by atoms with Crippen LogP contribution in [0.25, 0.3) is 0 Å². The van der Waals surface area contributed by atoms with Gasteiger partial charge in [-0.1, -0.05) is 359 Å². The molecule has 0 aromatic carbocycles. The lowest BCUT2D eigenvalue weighted by atomic mass is 10.0. The summed E-state index contributed by atoms with van der Waals surface area (Å²) in [6.45, 7) is 4.20. The van der Waals surface area contributed by atoms with Gasteiger partial charge in [-0.15, -0.1) is 0 Å². The Morgan fingerprint density at radius 2 is 0.533 bits per heavy atom. The number of rotatable bonds is 65.